The van der Waals surface area contributed by atoms with Crippen molar-refractivity contribution in [2.24, 2.45) is 4.99 Å². The van der Waals surface area contributed by atoms with Crippen LogP contribution >= 0.6 is 22.7 Å². The summed E-state index contributed by atoms with van der Waals surface area (Å²) in [5, 5.41) is 8.13. The van der Waals surface area contributed by atoms with Crippen molar-refractivity contribution in [3.05, 3.63) is 27.2 Å². The van der Waals surface area contributed by atoms with E-state index in [4.69, 9.17) is 0 Å². The normalized spacial score (nSPS) is 13.5. The first kappa shape index (κ1) is 15.1. The van der Waals surface area contributed by atoms with E-state index in [-0.39, 0.29) is 5.91 Å². The van der Waals surface area contributed by atoms with E-state index in [1.165, 1.54) is 17.4 Å². The number of fused-ring (bicyclic) bond motifs is 1. The summed E-state index contributed by atoms with van der Waals surface area (Å²) in [5.74, 6) is -0.0570. The highest BCUT2D eigenvalue weighted by Crippen LogP contribution is 2.44. The molecule has 0 saturated heterocycles. The third-order valence-electron chi connectivity index (χ3n) is 3.35. The Morgan fingerprint density at radius 2 is 2.27 bits per heavy atom. The van der Waals surface area contributed by atoms with Crippen LogP contribution in [0.5, 0.6) is 0 Å². The number of nitrogens with zero attached hydrogens (tertiary/aromatic N) is 2. The third kappa shape index (κ3) is 2.75. The van der Waals surface area contributed by atoms with Crippen molar-refractivity contribution < 1.29 is 4.79 Å². The van der Waals surface area contributed by atoms with Gasteiger partial charge in [0.25, 0.3) is 0 Å². The van der Waals surface area contributed by atoms with E-state index < -0.39 is 0 Å². The molecule has 0 spiro atoms. The predicted octanol–water partition coefficient (Wildman–Crippen LogP) is 3.41. The van der Waals surface area contributed by atoms with Gasteiger partial charge in [0.05, 0.1) is 16.1 Å². The Hall–Kier alpha value is -1.83. The Labute approximate surface area is 136 Å². The van der Waals surface area contributed by atoms with Gasteiger partial charge in [-0.2, -0.15) is 0 Å². The average molecular weight is 332 g/mol. The number of carbonyl (C=O) groups is 1. The Bertz CT molecular complexity index is 773. The first-order chi connectivity index (χ1) is 10.6. The van der Waals surface area contributed by atoms with Gasteiger partial charge in [0.1, 0.15) is 10.0 Å². The fourth-order valence-electron chi connectivity index (χ4n) is 2.41. The van der Waals surface area contributed by atoms with Crippen LogP contribution in [0.25, 0.3) is 16.6 Å². The molecular formula is C15H16N4OS2. The molecule has 0 unspecified atom stereocenters. The SMILES string of the molecule is C=N/C=C\c1sc(-c2c(NC(C)=O)sc3c2CNC3)nc1C. The molecule has 1 amide bonds. The summed E-state index contributed by atoms with van der Waals surface area (Å²) in [7, 11) is 0. The highest BCUT2D eigenvalue weighted by atomic mass is 32.1. The van der Waals surface area contributed by atoms with Crippen LogP contribution in [-0.4, -0.2) is 17.6 Å². The number of carbonyl (C=O) groups excluding carboxylic acids is 1. The van der Waals surface area contributed by atoms with E-state index in [9.17, 15) is 4.79 Å². The van der Waals surface area contributed by atoms with Gasteiger partial charge in [-0.05, 0) is 25.3 Å². The summed E-state index contributed by atoms with van der Waals surface area (Å²) in [4.78, 5) is 22.2. The molecule has 114 valence electrons. The molecule has 0 saturated carbocycles. The van der Waals surface area contributed by atoms with Crippen LogP contribution < -0.4 is 10.6 Å². The minimum atomic E-state index is -0.0570. The zero-order valence-corrected chi connectivity index (χ0v) is 14.0. The van der Waals surface area contributed by atoms with Crippen molar-refractivity contribution in [2.45, 2.75) is 26.9 Å². The molecule has 0 aliphatic carbocycles. The minimum absolute atomic E-state index is 0.0570. The Kier molecular flexibility index (Phi) is 4.19. The molecule has 0 fully saturated rings. The lowest BCUT2D eigenvalue weighted by atomic mass is 10.1. The number of aryl methyl sites for hydroxylation is 1. The van der Waals surface area contributed by atoms with E-state index in [0.717, 1.165) is 39.2 Å². The first-order valence-corrected chi connectivity index (χ1v) is 8.46. The molecule has 3 heterocycles. The van der Waals surface area contributed by atoms with Crippen LogP contribution in [0.4, 0.5) is 5.00 Å². The van der Waals surface area contributed by atoms with Crippen LogP contribution in [0, 0.1) is 6.92 Å². The summed E-state index contributed by atoms with van der Waals surface area (Å²) in [5.41, 5.74) is 3.26. The number of anilines is 1. The fraction of sp³-hybridized carbons (Fsp3) is 0.267. The van der Waals surface area contributed by atoms with Crippen LogP contribution in [0.15, 0.2) is 11.2 Å². The highest BCUT2D eigenvalue weighted by molar-refractivity contribution is 7.19. The second-order valence-corrected chi connectivity index (χ2v) is 7.10. The lowest BCUT2D eigenvalue weighted by Gasteiger charge is -2.04. The summed E-state index contributed by atoms with van der Waals surface area (Å²) >= 11 is 3.24. The molecule has 0 radical (unpaired) electrons. The van der Waals surface area contributed by atoms with Crippen molar-refractivity contribution in [3.8, 4) is 10.6 Å². The third-order valence-corrected chi connectivity index (χ3v) is 5.63. The minimum Gasteiger partial charge on any atom is -0.317 e. The summed E-state index contributed by atoms with van der Waals surface area (Å²) < 4.78 is 0. The highest BCUT2D eigenvalue weighted by Gasteiger charge is 2.25. The van der Waals surface area contributed by atoms with E-state index >= 15 is 0 Å². The zero-order chi connectivity index (χ0) is 15.7. The van der Waals surface area contributed by atoms with Gasteiger partial charge < -0.3 is 10.6 Å². The van der Waals surface area contributed by atoms with Gasteiger partial charge in [-0.3, -0.25) is 9.79 Å². The zero-order valence-electron chi connectivity index (χ0n) is 12.4. The number of rotatable bonds is 4. The molecule has 0 atom stereocenters. The number of aliphatic imine (C=N–C) groups is 1. The lowest BCUT2D eigenvalue weighted by Crippen LogP contribution is -2.07. The molecule has 2 aromatic rings. The van der Waals surface area contributed by atoms with Crippen molar-refractivity contribution in [1.29, 1.82) is 0 Å². The smallest absolute Gasteiger partial charge is 0.221 e. The van der Waals surface area contributed by atoms with E-state index in [0.29, 0.717) is 0 Å². The second-order valence-electron chi connectivity index (χ2n) is 4.96. The summed E-state index contributed by atoms with van der Waals surface area (Å²) in [6.45, 7) is 8.63. The predicted molar refractivity (Wildman–Crippen MR) is 93.6 cm³/mol. The van der Waals surface area contributed by atoms with Gasteiger partial charge in [-0.1, -0.05) is 0 Å². The molecule has 7 heteroatoms. The molecule has 0 aromatic carbocycles. The number of thiophene rings is 1. The monoisotopic (exact) mass is 332 g/mol. The van der Waals surface area contributed by atoms with Crippen LogP contribution in [0.2, 0.25) is 0 Å². The molecule has 22 heavy (non-hydrogen) atoms. The topological polar surface area (TPSA) is 66.4 Å². The molecule has 0 bridgehead atoms. The molecular weight excluding hydrogens is 316 g/mol. The lowest BCUT2D eigenvalue weighted by molar-refractivity contribution is -0.114. The maximum Gasteiger partial charge on any atom is 0.221 e. The molecule has 2 aromatic heterocycles. The number of hydrogen-bond acceptors (Lipinski definition) is 6. The van der Waals surface area contributed by atoms with Gasteiger partial charge in [0, 0.05) is 31.1 Å². The van der Waals surface area contributed by atoms with Crippen LogP contribution in [-0.2, 0) is 17.9 Å². The van der Waals surface area contributed by atoms with Crippen molar-refractivity contribution in [3.63, 3.8) is 0 Å². The van der Waals surface area contributed by atoms with E-state index in [2.05, 4.69) is 27.3 Å². The van der Waals surface area contributed by atoms with Crippen LogP contribution in [0.1, 0.15) is 27.9 Å². The van der Waals surface area contributed by atoms with E-state index in [1.807, 2.05) is 13.0 Å². The molecule has 1 aliphatic rings. The Balaban J connectivity index is 2.09. The van der Waals surface area contributed by atoms with Gasteiger partial charge in [0.2, 0.25) is 5.91 Å². The van der Waals surface area contributed by atoms with Gasteiger partial charge in [-0.25, -0.2) is 4.98 Å². The Morgan fingerprint density at radius 3 is 3.00 bits per heavy atom. The Morgan fingerprint density at radius 1 is 1.45 bits per heavy atom. The van der Waals surface area contributed by atoms with Crippen LogP contribution in [0.3, 0.4) is 0 Å². The second kappa shape index (κ2) is 6.12. The number of aromatic nitrogens is 1. The maximum atomic E-state index is 11.5. The number of hydrogen-bond donors (Lipinski definition) is 2. The van der Waals surface area contributed by atoms with Gasteiger partial charge in [-0.15, -0.1) is 22.7 Å². The number of thiazole rings is 1. The van der Waals surface area contributed by atoms with Gasteiger partial charge >= 0.3 is 0 Å². The molecule has 1 aliphatic heterocycles. The van der Waals surface area contributed by atoms with Crippen molar-refractivity contribution >= 4 is 46.4 Å². The summed E-state index contributed by atoms with van der Waals surface area (Å²) in [6.07, 6.45) is 3.57. The van der Waals surface area contributed by atoms with Crippen molar-refractivity contribution in [1.82, 2.24) is 10.3 Å². The van der Waals surface area contributed by atoms with Gasteiger partial charge in [0.15, 0.2) is 0 Å². The quantitative estimate of drug-likeness (QED) is 0.843. The largest absolute Gasteiger partial charge is 0.317 e. The van der Waals surface area contributed by atoms with Crippen molar-refractivity contribution in [2.75, 3.05) is 5.32 Å². The molecule has 5 nitrogen and oxygen atoms in total. The average Bonchev–Trinajstić information content (AvgIpc) is 3.10. The molecule has 3 rings (SSSR count). The first-order valence-electron chi connectivity index (χ1n) is 6.83. The number of amides is 1. The number of nitrogens with one attached hydrogen (secondary N) is 2. The standard InChI is InChI=1S/C15H16N4OS2/c1-8-11(4-5-16-3)21-14(18-8)13-10-6-17-7-12(10)22-15(13)19-9(2)20/h4-5,17H,3,6-7H2,1-2H3,(H,19,20)/b5-4-. The van der Waals surface area contributed by atoms with E-state index in [1.54, 1.807) is 28.9 Å². The maximum absolute atomic E-state index is 11.5. The fourth-order valence-corrected chi connectivity index (χ4v) is 4.75. The summed E-state index contributed by atoms with van der Waals surface area (Å²) in [6, 6.07) is 0. The molecule has 2 N–H and O–H groups in total.